The number of hydrogen-bond donors (Lipinski definition) is 3. The summed E-state index contributed by atoms with van der Waals surface area (Å²) in [7, 11) is 0. The Balaban J connectivity index is 0.00000155. The molecule has 0 aliphatic heterocycles. The van der Waals surface area contributed by atoms with Crippen molar-refractivity contribution in [1.82, 2.24) is 25.6 Å². The third kappa shape index (κ3) is 5.95. The van der Waals surface area contributed by atoms with Crippen LogP contribution in [0, 0.1) is 5.82 Å². The van der Waals surface area contributed by atoms with Crippen LogP contribution in [0.3, 0.4) is 0 Å². The molecule has 2 heterocycles. The van der Waals surface area contributed by atoms with Gasteiger partial charge in [-0.25, -0.2) is 14.4 Å². The van der Waals surface area contributed by atoms with Crippen molar-refractivity contribution in [3.63, 3.8) is 0 Å². The van der Waals surface area contributed by atoms with Crippen LogP contribution in [-0.4, -0.2) is 46.4 Å². The lowest BCUT2D eigenvalue weighted by atomic mass is 9.66. The summed E-state index contributed by atoms with van der Waals surface area (Å²) in [6.45, 7) is 6.56. The molecule has 1 aliphatic rings. The molecule has 0 radical (unpaired) electrons. The van der Waals surface area contributed by atoms with Gasteiger partial charge in [-0.2, -0.15) is 0 Å². The first-order valence-electron chi connectivity index (χ1n) is 10.2. The fraction of sp³-hybridized carbons (Fsp3) is 0.476. The number of amides is 2. The predicted octanol–water partition coefficient (Wildman–Crippen LogP) is 2.44. The summed E-state index contributed by atoms with van der Waals surface area (Å²) >= 11 is 0. The summed E-state index contributed by atoms with van der Waals surface area (Å²) in [6, 6.07) is 3.01. The molecule has 1 saturated carbocycles. The van der Waals surface area contributed by atoms with E-state index in [1.54, 1.807) is 12.3 Å². The fourth-order valence-electron chi connectivity index (χ4n) is 3.18. The molecular weight excluding hydrogens is 387 g/mol. The van der Waals surface area contributed by atoms with E-state index in [1.807, 2.05) is 13.8 Å². The number of halogens is 1. The molecule has 0 saturated heterocycles. The lowest BCUT2D eigenvalue weighted by Crippen LogP contribution is -2.42. The highest BCUT2D eigenvalue weighted by Crippen LogP contribution is 2.43. The monoisotopic (exact) mass is 416 g/mol. The van der Waals surface area contributed by atoms with Gasteiger partial charge in [-0.3, -0.25) is 14.6 Å². The van der Waals surface area contributed by atoms with Crippen molar-refractivity contribution in [3.8, 4) is 0 Å². The largest absolute Gasteiger partial charge is 0.355 e. The van der Waals surface area contributed by atoms with Gasteiger partial charge in [0.25, 0.3) is 5.91 Å². The Morgan fingerprint density at radius 3 is 2.33 bits per heavy atom. The van der Waals surface area contributed by atoms with Crippen molar-refractivity contribution in [3.05, 3.63) is 47.8 Å². The average molecular weight is 417 g/mol. The van der Waals surface area contributed by atoms with Crippen LogP contribution in [0.25, 0.3) is 0 Å². The number of hydrogen-bond acceptors (Lipinski definition) is 6. The minimum atomic E-state index is -0.353. The maximum Gasteiger partial charge on any atom is 0.254 e. The van der Waals surface area contributed by atoms with Gasteiger partial charge in [-0.15, -0.1) is 0 Å². The second-order valence-corrected chi connectivity index (χ2v) is 6.86. The molecule has 0 unspecified atom stereocenters. The van der Waals surface area contributed by atoms with Crippen molar-refractivity contribution in [2.75, 3.05) is 25.0 Å². The Kier molecular flexibility index (Phi) is 8.64. The molecule has 0 bridgehead atoms. The molecule has 0 atom stereocenters. The van der Waals surface area contributed by atoms with E-state index < -0.39 is 0 Å². The number of pyridine rings is 1. The zero-order valence-corrected chi connectivity index (χ0v) is 17.7. The van der Waals surface area contributed by atoms with Crippen molar-refractivity contribution in [2.45, 2.75) is 45.4 Å². The SMILES string of the molecule is CC.CC(=O)NCCNC(=O)c1cnc(NCC2(c3ncccc3F)CCC2)nc1. The summed E-state index contributed by atoms with van der Waals surface area (Å²) in [5, 5.41) is 8.40. The molecular formula is C21H29FN6O2. The van der Waals surface area contributed by atoms with E-state index in [0.29, 0.717) is 36.8 Å². The molecule has 2 aromatic heterocycles. The lowest BCUT2D eigenvalue weighted by Gasteiger charge is -2.41. The van der Waals surface area contributed by atoms with Gasteiger partial charge in [0.1, 0.15) is 5.82 Å². The van der Waals surface area contributed by atoms with Crippen LogP contribution in [-0.2, 0) is 10.2 Å². The van der Waals surface area contributed by atoms with Crippen LogP contribution in [0.15, 0.2) is 30.7 Å². The third-order valence-electron chi connectivity index (χ3n) is 4.85. The van der Waals surface area contributed by atoms with Crippen LogP contribution >= 0.6 is 0 Å². The summed E-state index contributed by atoms with van der Waals surface area (Å²) < 4.78 is 14.2. The van der Waals surface area contributed by atoms with E-state index in [4.69, 9.17) is 0 Å². The normalized spacial score (nSPS) is 13.9. The van der Waals surface area contributed by atoms with Crippen LogP contribution in [0.2, 0.25) is 0 Å². The molecule has 2 amide bonds. The number of anilines is 1. The molecule has 162 valence electrons. The average Bonchev–Trinajstić information content (AvgIpc) is 2.73. The zero-order valence-electron chi connectivity index (χ0n) is 17.7. The number of rotatable bonds is 8. The fourth-order valence-corrected chi connectivity index (χ4v) is 3.18. The van der Waals surface area contributed by atoms with Crippen molar-refractivity contribution >= 4 is 17.8 Å². The minimum absolute atomic E-state index is 0.150. The lowest BCUT2D eigenvalue weighted by molar-refractivity contribution is -0.118. The molecule has 0 spiro atoms. The van der Waals surface area contributed by atoms with Gasteiger partial charge in [0.2, 0.25) is 11.9 Å². The number of nitrogens with zero attached hydrogens (tertiary/aromatic N) is 3. The molecule has 9 heteroatoms. The van der Waals surface area contributed by atoms with E-state index in [-0.39, 0.29) is 23.0 Å². The van der Waals surface area contributed by atoms with Gasteiger partial charge in [0, 0.05) is 50.6 Å². The molecule has 1 fully saturated rings. The Bertz CT molecular complexity index is 840. The molecule has 8 nitrogen and oxygen atoms in total. The Morgan fingerprint density at radius 1 is 1.10 bits per heavy atom. The van der Waals surface area contributed by atoms with Crippen LogP contribution in [0.5, 0.6) is 0 Å². The second-order valence-electron chi connectivity index (χ2n) is 6.86. The summed E-state index contributed by atoms with van der Waals surface area (Å²) in [5.74, 6) is -0.389. The Hall–Kier alpha value is -3.10. The summed E-state index contributed by atoms with van der Waals surface area (Å²) in [4.78, 5) is 35.4. The van der Waals surface area contributed by atoms with Gasteiger partial charge in [-0.05, 0) is 25.0 Å². The van der Waals surface area contributed by atoms with Crippen molar-refractivity contribution in [1.29, 1.82) is 0 Å². The highest BCUT2D eigenvalue weighted by atomic mass is 19.1. The maximum atomic E-state index is 14.2. The van der Waals surface area contributed by atoms with Crippen molar-refractivity contribution < 1.29 is 14.0 Å². The van der Waals surface area contributed by atoms with Gasteiger partial charge in [0.15, 0.2) is 0 Å². The highest BCUT2D eigenvalue weighted by Gasteiger charge is 2.41. The minimum Gasteiger partial charge on any atom is -0.355 e. The molecule has 3 N–H and O–H groups in total. The van der Waals surface area contributed by atoms with Gasteiger partial charge in [-0.1, -0.05) is 20.3 Å². The molecule has 2 aromatic rings. The first-order chi connectivity index (χ1) is 14.5. The van der Waals surface area contributed by atoms with Crippen molar-refractivity contribution in [2.24, 2.45) is 0 Å². The zero-order chi connectivity index (χ0) is 22.0. The standard InChI is InChI=1S/C19H23FN6O2.C2H6/c1-13(27)21-8-9-23-17(28)14-10-24-18(25-11-14)26-12-19(5-3-6-19)16-15(20)4-2-7-22-16;1-2/h2,4,7,10-11H,3,5-6,8-9,12H2,1H3,(H,21,27)(H,23,28)(H,24,25,26);1-2H3. The highest BCUT2D eigenvalue weighted by molar-refractivity contribution is 5.93. The number of aromatic nitrogens is 3. The predicted molar refractivity (Wildman–Crippen MR) is 113 cm³/mol. The van der Waals surface area contributed by atoms with Gasteiger partial charge in [0.05, 0.1) is 11.3 Å². The Morgan fingerprint density at radius 2 is 1.77 bits per heavy atom. The number of carbonyl (C=O) groups excluding carboxylic acids is 2. The smallest absolute Gasteiger partial charge is 0.254 e. The summed E-state index contributed by atoms with van der Waals surface area (Å²) in [5.41, 5.74) is 0.445. The molecule has 0 aromatic carbocycles. The van der Waals surface area contributed by atoms with Crippen LogP contribution in [0.4, 0.5) is 10.3 Å². The number of carbonyl (C=O) groups is 2. The topological polar surface area (TPSA) is 109 Å². The van der Waals surface area contributed by atoms with E-state index in [2.05, 4.69) is 30.9 Å². The quantitative estimate of drug-likeness (QED) is 0.571. The van der Waals surface area contributed by atoms with E-state index >= 15 is 0 Å². The molecule has 30 heavy (non-hydrogen) atoms. The third-order valence-corrected chi connectivity index (χ3v) is 4.85. The first kappa shape index (κ1) is 23.2. The van der Waals surface area contributed by atoms with E-state index in [0.717, 1.165) is 19.3 Å². The van der Waals surface area contributed by atoms with Gasteiger partial charge < -0.3 is 16.0 Å². The Labute approximate surface area is 176 Å². The first-order valence-corrected chi connectivity index (χ1v) is 10.2. The maximum absolute atomic E-state index is 14.2. The summed E-state index contributed by atoms with van der Waals surface area (Å²) in [6.07, 6.45) is 7.19. The molecule has 1 aliphatic carbocycles. The second kappa shape index (κ2) is 11.2. The van der Waals surface area contributed by atoms with E-state index in [1.165, 1.54) is 25.4 Å². The molecule has 3 rings (SSSR count). The number of nitrogens with one attached hydrogen (secondary N) is 3. The van der Waals surface area contributed by atoms with Gasteiger partial charge >= 0.3 is 0 Å². The van der Waals surface area contributed by atoms with Crippen LogP contribution < -0.4 is 16.0 Å². The van der Waals surface area contributed by atoms with Crippen LogP contribution in [0.1, 0.15) is 56.1 Å². The van der Waals surface area contributed by atoms with E-state index in [9.17, 15) is 14.0 Å².